The number of amides is 1. The van der Waals surface area contributed by atoms with E-state index < -0.39 is 0 Å². The average molecular weight is 282 g/mol. The van der Waals surface area contributed by atoms with Gasteiger partial charge in [-0.3, -0.25) is 4.79 Å². The van der Waals surface area contributed by atoms with Crippen LogP contribution in [-0.4, -0.2) is 28.9 Å². The molecule has 2 aliphatic rings. The zero-order chi connectivity index (χ0) is 12.5. The second-order valence-electron chi connectivity index (χ2n) is 5.57. The van der Waals surface area contributed by atoms with E-state index in [1.54, 1.807) is 18.3 Å². The molecule has 2 fully saturated rings. The van der Waals surface area contributed by atoms with Crippen LogP contribution in [0.1, 0.15) is 36.2 Å². The van der Waals surface area contributed by atoms with E-state index in [1.165, 1.54) is 25.7 Å². The highest BCUT2D eigenvalue weighted by Crippen LogP contribution is 2.34. The predicted molar refractivity (Wildman–Crippen MR) is 77.2 cm³/mol. The molecule has 0 spiro atoms. The quantitative estimate of drug-likeness (QED) is 0.901. The van der Waals surface area contributed by atoms with Gasteiger partial charge in [-0.15, -0.1) is 12.4 Å². The number of anilines is 1. The zero-order valence-electron chi connectivity index (χ0n) is 10.9. The van der Waals surface area contributed by atoms with Crippen molar-refractivity contribution in [1.29, 1.82) is 0 Å². The van der Waals surface area contributed by atoms with Gasteiger partial charge in [0.15, 0.2) is 0 Å². The molecule has 2 saturated carbocycles. The van der Waals surface area contributed by atoms with E-state index in [2.05, 4.69) is 4.98 Å². The number of hydrogen-bond donors (Lipinski definition) is 1. The Morgan fingerprint density at radius 2 is 1.79 bits per heavy atom. The number of rotatable bonds is 5. The summed E-state index contributed by atoms with van der Waals surface area (Å²) in [6.07, 6.45) is 6.63. The molecule has 3 rings (SSSR count). The van der Waals surface area contributed by atoms with Crippen LogP contribution in [0.25, 0.3) is 0 Å². The van der Waals surface area contributed by atoms with Crippen LogP contribution >= 0.6 is 12.4 Å². The van der Waals surface area contributed by atoms with Crippen LogP contribution in [0.3, 0.4) is 0 Å². The second kappa shape index (κ2) is 5.78. The van der Waals surface area contributed by atoms with Gasteiger partial charge in [0.25, 0.3) is 5.91 Å². The maximum absolute atomic E-state index is 12.4. The molecular weight excluding hydrogens is 262 g/mol. The van der Waals surface area contributed by atoms with Gasteiger partial charge in [0.05, 0.1) is 11.9 Å². The fourth-order valence-corrected chi connectivity index (χ4v) is 2.16. The number of nitrogen functional groups attached to an aromatic ring is 1. The third-order valence-electron chi connectivity index (χ3n) is 3.64. The lowest BCUT2D eigenvalue weighted by Gasteiger charge is -2.22. The van der Waals surface area contributed by atoms with Crippen LogP contribution in [0.5, 0.6) is 0 Å². The number of hydrogen-bond acceptors (Lipinski definition) is 3. The molecule has 0 bridgehead atoms. The smallest absolute Gasteiger partial charge is 0.272 e. The third kappa shape index (κ3) is 3.83. The monoisotopic (exact) mass is 281 g/mol. The molecule has 0 unspecified atom stereocenters. The van der Waals surface area contributed by atoms with Gasteiger partial charge in [0.1, 0.15) is 5.69 Å². The van der Waals surface area contributed by atoms with E-state index in [-0.39, 0.29) is 18.3 Å². The second-order valence-corrected chi connectivity index (χ2v) is 5.57. The van der Waals surface area contributed by atoms with Crippen molar-refractivity contribution < 1.29 is 4.79 Å². The molecule has 0 atom stereocenters. The topological polar surface area (TPSA) is 59.2 Å². The highest BCUT2D eigenvalue weighted by Gasteiger charge is 2.32. The van der Waals surface area contributed by atoms with Crippen LogP contribution in [0.15, 0.2) is 18.3 Å². The fourth-order valence-electron chi connectivity index (χ4n) is 2.16. The molecule has 1 amide bonds. The Labute approximate surface area is 119 Å². The number of carbonyl (C=O) groups is 1. The van der Waals surface area contributed by atoms with Gasteiger partial charge in [-0.05, 0) is 49.7 Å². The number of pyridine rings is 1. The van der Waals surface area contributed by atoms with Crippen molar-refractivity contribution in [3.63, 3.8) is 0 Å². The summed E-state index contributed by atoms with van der Waals surface area (Å²) in [5.41, 5.74) is 6.72. The molecule has 1 heterocycles. The molecule has 0 saturated heterocycles. The maximum Gasteiger partial charge on any atom is 0.272 e. The fraction of sp³-hybridized carbons (Fsp3) is 0.571. The number of carbonyl (C=O) groups excluding carboxylic acids is 1. The van der Waals surface area contributed by atoms with Gasteiger partial charge >= 0.3 is 0 Å². The minimum Gasteiger partial charge on any atom is -0.397 e. The summed E-state index contributed by atoms with van der Waals surface area (Å²) >= 11 is 0. The van der Waals surface area contributed by atoms with Crippen LogP contribution in [-0.2, 0) is 0 Å². The number of nitrogens with zero attached hydrogens (tertiary/aromatic N) is 2. The van der Waals surface area contributed by atoms with Crippen molar-refractivity contribution in [2.45, 2.75) is 25.7 Å². The van der Waals surface area contributed by atoms with Crippen molar-refractivity contribution in [3.8, 4) is 0 Å². The van der Waals surface area contributed by atoms with Crippen molar-refractivity contribution in [2.24, 2.45) is 11.8 Å². The first-order valence-corrected chi connectivity index (χ1v) is 6.73. The van der Waals surface area contributed by atoms with Crippen molar-refractivity contribution in [2.75, 3.05) is 18.8 Å². The van der Waals surface area contributed by atoms with Crippen molar-refractivity contribution in [3.05, 3.63) is 24.0 Å². The minimum atomic E-state index is 0. The Bertz CT molecular complexity index is 427. The first-order valence-electron chi connectivity index (χ1n) is 6.73. The molecule has 2 aliphatic carbocycles. The molecular formula is C14H20ClN3O. The molecule has 2 N–H and O–H groups in total. The Balaban J connectivity index is 0.00000133. The van der Waals surface area contributed by atoms with Gasteiger partial charge < -0.3 is 10.6 Å². The maximum atomic E-state index is 12.4. The number of halogens is 1. The van der Waals surface area contributed by atoms with E-state index in [9.17, 15) is 4.79 Å². The lowest BCUT2D eigenvalue weighted by Crippen LogP contribution is -2.35. The van der Waals surface area contributed by atoms with Gasteiger partial charge in [-0.2, -0.15) is 0 Å². The summed E-state index contributed by atoms with van der Waals surface area (Å²) in [7, 11) is 0. The molecule has 5 heteroatoms. The summed E-state index contributed by atoms with van der Waals surface area (Å²) in [6, 6.07) is 3.47. The van der Waals surface area contributed by atoms with Gasteiger partial charge in [0, 0.05) is 13.1 Å². The molecule has 104 valence electrons. The average Bonchev–Trinajstić information content (AvgIpc) is 3.23. The molecule has 1 aromatic heterocycles. The normalized spacial score (nSPS) is 17.7. The van der Waals surface area contributed by atoms with Gasteiger partial charge in [-0.1, -0.05) is 0 Å². The predicted octanol–water partition coefficient (Wildman–Crippen LogP) is 2.35. The van der Waals surface area contributed by atoms with E-state index >= 15 is 0 Å². The molecule has 1 aromatic rings. The Morgan fingerprint density at radius 1 is 1.21 bits per heavy atom. The molecule has 0 aliphatic heterocycles. The summed E-state index contributed by atoms with van der Waals surface area (Å²) in [4.78, 5) is 18.5. The Morgan fingerprint density at radius 3 is 2.21 bits per heavy atom. The van der Waals surface area contributed by atoms with Crippen LogP contribution in [0.2, 0.25) is 0 Å². The lowest BCUT2D eigenvalue weighted by atomic mass is 10.2. The van der Waals surface area contributed by atoms with E-state index in [4.69, 9.17) is 5.73 Å². The zero-order valence-corrected chi connectivity index (χ0v) is 11.7. The first kappa shape index (κ1) is 14.1. The molecule has 4 nitrogen and oxygen atoms in total. The molecule has 0 aromatic carbocycles. The van der Waals surface area contributed by atoms with Gasteiger partial charge in [0.2, 0.25) is 0 Å². The lowest BCUT2D eigenvalue weighted by molar-refractivity contribution is 0.0733. The summed E-state index contributed by atoms with van der Waals surface area (Å²) in [6.45, 7) is 1.81. The van der Waals surface area contributed by atoms with Crippen LogP contribution in [0, 0.1) is 11.8 Å². The minimum absolute atomic E-state index is 0. The van der Waals surface area contributed by atoms with Crippen LogP contribution in [0.4, 0.5) is 5.69 Å². The largest absolute Gasteiger partial charge is 0.397 e. The molecule has 19 heavy (non-hydrogen) atoms. The van der Waals surface area contributed by atoms with Crippen molar-refractivity contribution in [1.82, 2.24) is 9.88 Å². The first-order chi connectivity index (χ1) is 8.72. The summed E-state index contributed by atoms with van der Waals surface area (Å²) in [5.74, 6) is 1.51. The Kier molecular flexibility index (Phi) is 4.30. The third-order valence-corrected chi connectivity index (χ3v) is 3.64. The van der Waals surface area contributed by atoms with Crippen molar-refractivity contribution >= 4 is 24.0 Å². The highest BCUT2D eigenvalue weighted by molar-refractivity contribution is 5.92. The highest BCUT2D eigenvalue weighted by atomic mass is 35.5. The van der Waals surface area contributed by atoms with E-state index in [1.807, 2.05) is 4.90 Å². The van der Waals surface area contributed by atoms with E-state index in [0.717, 1.165) is 24.9 Å². The summed E-state index contributed by atoms with van der Waals surface area (Å²) in [5, 5.41) is 0. The number of aromatic nitrogens is 1. The standard InChI is InChI=1S/C14H19N3O.ClH/c15-12-5-6-13(16-7-12)14(18)17(8-10-1-2-10)9-11-3-4-11;/h5-7,10-11H,1-4,8-9,15H2;1H. The summed E-state index contributed by atoms with van der Waals surface area (Å²) < 4.78 is 0. The SMILES string of the molecule is Cl.Nc1ccc(C(=O)N(CC2CC2)CC2CC2)nc1. The van der Waals surface area contributed by atoms with Gasteiger partial charge in [-0.25, -0.2) is 4.98 Å². The molecule has 0 radical (unpaired) electrons. The van der Waals surface area contributed by atoms with E-state index in [0.29, 0.717) is 11.4 Å². The van der Waals surface area contributed by atoms with Crippen LogP contribution < -0.4 is 5.73 Å². The number of nitrogens with two attached hydrogens (primary N) is 1. The Hall–Kier alpha value is -1.29.